The van der Waals surface area contributed by atoms with E-state index in [9.17, 15) is 10.1 Å². The number of nitro benzene ring substituents is 1. The first-order valence-corrected chi connectivity index (χ1v) is 9.56. The Morgan fingerprint density at radius 1 is 1.20 bits per heavy atom. The Hall–Kier alpha value is -2.56. The van der Waals surface area contributed by atoms with Crippen LogP contribution >= 0.6 is 24.0 Å². The first-order valence-electron chi connectivity index (χ1n) is 9.56. The van der Waals surface area contributed by atoms with Crippen LogP contribution < -0.4 is 14.8 Å². The topological polar surface area (TPSA) is 89.2 Å². The molecule has 162 valence electrons. The molecule has 8 nitrogen and oxygen atoms in total. The van der Waals surface area contributed by atoms with Crippen LogP contribution in [0.25, 0.3) is 0 Å². The Bertz CT molecular complexity index is 920. The minimum Gasteiger partial charge on any atom is -0.493 e. The van der Waals surface area contributed by atoms with Crippen LogP contribution in [0.5, 0.6) is 11.5 Å². The molecule has 0 saturated heterocycles. The SMILES string of the molecule is CCNC(=NCc1ccccc1[N+](=O)[O-])N1CCc2cc(OC)c(OC)cc2C1.I. The number of fused-ring (bicyclic) bond motifs is 1. The van der Waals surface area contributed by atoms with Crippen LogP contribution in [0.4, 0.5) is 5.69 Å². The van der Waals surface area contributed by atoms with Crippen molar-refractivity contribution in [1.82, 2.24) is 10.2 Å². The van der Waals surface area contributed by atoms with Gasteiger partial charge in [0.2, 0.25) is 0 Å². The quantitative estimate of drug-likeness (QED) is 0.203. The molecular formula is C21H27IN4O4. The fraction of sp³-hybridized carbons (Fsp3) is 0.381. The number of hydrogen-bond donors (Lipinski definition) is 1. The van der Waals surface area contributed by atoms with Crippen LogP contribution in [-0.4, -0.2) is 43.1 Å². The van der Waals surface area contributed by atoms with Crippen molar-refractivity contribution in [3.63, 3.8) is 0 Å². The number of rotatable bonds is 6. The van der Waals surface area contributed by atoms with Crippen molar-refractivity contribution in [2.24, 2.45) is 4.99 Å². The Morgan fingerprint density at radius 2 is 1.87 bits per heavy atom. The third-order valence-electron chi connectivity index (χ3n) is 4.94. The highest BCUT2D eigenvalue weighted by atomic mass is 127. The summed E-state index contributed by atoms with van der Waals surface area (Å²) in [7, 11) is 3.27. The number of hydrogen-bond acceptors (Lipinski definition) is 5. The van der Waals surface area contributed by atoms with Gasteiger partial charge in [-0.2, -0.15) is 0 Å². The molecule has 0 aromatic heterocycles. The van der Waals surface area contributed by atoms with Gasteiger partial charge in [-0.05, 0) is 36.6 Å². The van der Waals surface area contributed by atoms with E-state index >= 15 is 0 Å². The number of guanidine groups is 1. The summed E-state index contributed by atoms with van der Waals surface area (Å²) in [4.78, 5) is 17.7. The van der Waals surface area contributed by atoms with Gasteiger partial charge < -0.3 is 19.7 Å². The van der Waals surface area contributed by atoms with Crippen LogP contribution in [-0.2, 0) is 19.5 Å². The van der Waals surface area contributed by atoms with Crippen molar-refractivity contribution < 1.29 is 14.4 Å². The van der Waals surface area contributed by atoms with E-state index in [2.05, 4.69) is 15.2 Å². The second kappa shape index (κ2) is 11.0. The van der Waals surface area contributed by atoms with Crippen LogP contribution in [0.15, 0.2) is 41.4 Å². The Kier molecular flexibility index (Phi) is 8.70. The summed E-state index contributed by atoms with van der Waals surface area (Å²) in [6.07, 6.45) is 0.853. The molecule has 0 radical (unpaired) electrons. The first kappa shape index (κ1) is 23.7. The van der Waals surface area contributed by atoms with Crippen molar-refractivity contribution >= 4 is 35.6 Å². The molecule has 0 spiro atoms. The number of methoxy groups -OCH3 is 2. The summed E-state index contributed by atoms with van der Waals surface area (Å²) in [6, 6.07) is 10.7. The summed E-state index contributed by atoms with van der Waals surface area (Å²) in [6.45, 7) is 4.44. The third-order valence-corrected chi connectivity index (χ3v) is 4.94. The molecule has 9 heteroatoms. The molecule has 1 aliphatic rings. The lowest BCUT2D eigenvalue weighted by molar-refractivity contribution is -0.385. The molecule has 0 fully saturated rings. The normalized spacial score (nSPS) is 13.2. The second-order valence-electron chi connectivity index (χ2n) is 6.70. The number of ether oxygens (including phenoxy) is 2. The molecule has 0 amide bonds. The predicted molar refractivity (Wildman–Crippen MR) is 127 cm³/mol. The fourth-order valence-corrected chi connectivity index (χ4v) is 3.47. The standard InChI is InChI=1S/C21H26N4O4.HI/c1-4-22-21(23-13-16-7-5-6-8-18(16)25(26)27)24-10-9-15-11-19(28-2)20(29-3)12-17(15)14-24;/h5-8,11-12H,4,9-10,13-14H2,1-3H3,(H,22,23);1H. The van der Waals surface area contributed by atoms with Gasteiger partial charge in [-0.15, -0.1) is 24.0 Å². The summed E-state index contributed by atoms with van der Waals surface area (Å²) >= 11 is 0. The summed E-state index contributed by atoms with van der Waals surface area (Å²) in [5, 5.41) is 14.6. The molecule has 0 unspecified atom stereocenters. The minimum absolute atomic E-state index is 0. The van der Waals surface area contributed by atoms with E-state index in [1.54, 1.807) is 32.4 Å². The molecule has 0 aliphatic carbocycles. The maximum Gasteiger partial charge on any atom is 0.274 e. The van der Waals surface area contributed by atoms with Gasteiger partial charge in [-0.1, -0.05) is 18.2 Å². The van der Waals surface area contributed by atoms with Gasteiger partial charge in [0.15, 0.2) is 17.5 Å². The molecule has 2 aromatic rings. The fourth-order valence-electron chi connectivity index (χ4n) is 3.47. The zero-order valence-electron chi connectivity index (χ0n) is 17.4. The van der Waals surface area contributed by atoms with E-state index in [0.29, 0.717) is 24.4 Å². The lowest BCUT2D eigenvalue weighted by Crippen LogP contribution is -2.44. The largest absolute Gasteiger partial charge is 0.493 e. The smallest absolute Gasteiger partial charge is 0.274 e. The highest BCUT2D eigenvalue weighted by Gasteiger charge is 2.22. The Labute approximate surface area is 193 Å². The molecule has 0 atom stereocenters. The van der Waals surface area contributed by atoms with Gasteiger partial charge in [0.1, 0.15) is 0 Å². The number of nitro groups is 1. The second-order valence-corrected chi connectivity index (χ2v) is 6.70. The molecule has 1 aliphatic heterocycles. The number of nitrogens with one attached hydrogen (secondary N) is 1. The van der Waals surface area contributed by atoms with Crippen LogP contribution in [0.1, 0.15) is 23.6 Å². The monoisotopic (exact) mass is 526 g/mol. The van der Waals surface area contributed by atoms with Crippen molar-refractivity contribution in [2.75, 3.05) is 27.3 Å². The van der Waals surface area contributed by atoms with Gasteiger partial charge in [-0.25, -0.2) is 4.99 Å². The molecule has 30 heavy (non-hydrogen) atoms. The minimum atomic E-state index is -0.366. The van der Waals surface area contributed by atoms with Gasteiger partial charge >= 0.3 is 0 Å². The first-order chi connectivity index (χ1) is 14.1. The molecule has 0 saturated carbocycles. The lowest BCUT2D eigenvalue weighted by Gasteiger charge is -2.32. The van der Waals surface area contributed by atoms with E-state index < -0.39 is 0 Å². The van der Waals surface area contributed by atoms with Crippen LogP contribution in [0.3, 0.4) is 0 Å². The Balaban J connectivity index is 0.00000320. The van der Waals surface area contributed by atoms with Gasteiger partial charge in [0.25, 0.3) is 5.69 Å². The van der Waals surface area contributed by atoms with E-state index in [1.165, 1.54) is 11.6 Å². The van der Waals surface area contributed by atoms with E-state index in [1.807, 2.05) is 19.1 Å². The number of halogens is 1. The Morgan fingerprint density at radius 3 is 2.50 bits per heavy atom. The average Bonchev–Trinajstić information content (AvgIpc) is 2.75. The maximum absolute atomic E-state index is 11.3. The highest BCUT2D eigenvalue weighted by molar-refractivity contribution is 14.0. The number of aliphatic imine (C=N–C) groups is 1. The van der Waals surface area contributed by atoms with E-state index in [4.69, 9.17) is 9.47 Å². The van der Waals surface area contributed by atoms with Crippen molar-refractivity contribution in [3.05, 3.63) is 63.2 Å². The number of para-hydroxylation sites is 1. The lowest BCUT2D eigenvalue weighted by atomic mass is 9.99. The number of nitrogens with zero attached hydrogens (tertiary/aromatic N) is 3. The van der Waals surface area contributed by atoms with E-state index in [0.717, 1.165) is 30.2 Å². The number of benzene rings is 2. The summed E-state index contributed by atoms with van der Waals surface area (Å²) < 4.78 is 10.8. The van der Waals surface area contributed by atoms with Gasteiger partial charge in [0.05, 0.1) is 31.3 Å². The van der Waals surface area contributed by atoms with Crippen molar-refractivity contribution in [1.29, 1.82) is 0 Å². The molecule has 0 bridgehead atoms. The summed E-state index contributed by atoms with van der Waals surface area (Å²) in [5.74, 6) is 2.18. The van der Waals surface area contributed by atoms with Crippen LogP contribution in [0, 0.1) is 10.1 Å². The highest BCUT2D eigenvalue weighted by Crippen LogP contribution is 2.33. The zero-order valence-corrected chi connectivity index (χ0v) is 19.7. The van der Waals surface area contributed by atoms with Gasteiger partial charge in [0, 0.05) is 25.7 Å². The summed E-state index contributed by atoms with van der Waals surface area (Å²) in [5.41, 5.74) is 3.07. The van der Waals surface area contributed by atoms with E-state index in [-0.39, 0.29) is 41.1 Å². The maximum atomic E-state index is 11.3. The molecular weight excluding hydrogens is 499 g/mol. The predicted octanol–water partition coefficient (Wildman–Crippen LogP) is 3.75. The van der Waals surface area contributed by atoms with Crippen LogP contribution in [0.2, 0.25) is 0 Å². The molecule has 3 rings (SSSR count). The molecule has 2 aromatic carbocycles. The molecule has 1 N–H and O–H groups in total. The zero-order chi connectivity index (χ0) is 20.8. The van der Waals surface area contributed by atoms with Crippen molar-refractivity contribution in [3.8, 4) is 11.5 Å². The van der Waals surface area contributed by atoms with Gasteiger partial charge in [-0.3, -0.25) is 10.1 Å². The molecule has 1 heterocycles. The van der Waals surface area contributed by atoms with Crippen molar-refractivity contribution in [2.45, 2.75) is 26.4 Å². The third kappa shape index (κ3) is 5.32. The average molecular weight is 526 g/mol.